The van der Waals surface area contributed by atoms with E-state index in [1.54, 1.807) is 7.11 Å². The molecule has 78 valence electrons. The van der Waals surface area contributed by atoms with Crippen molar-refractivity contribution in [3.8, 4) is 0 Å². The van der Waals surface area contributed by atoms with Crippen LogP contribution < -0.4 is 11.1 Å². The Morgan fingerprint density at radius 3 is 2.62 bits per heavy atom. The average molecular weight is 188 g/mol. The maximum absolute atomic E-state index is 11.3. The minimum absolute atomic E-state index is 0.0195. The van der Waals surface area contributed by atoms with E-state index in [1.165, 1.54) is 0 Å². The molecule has 0 aliphatic heterocycles. The molecule has 0 rings (SSSR count). The topological polar surface area (TPSA) is 64.3 Å². The molecule has 0 aromatic heterocycles. The quantitative estimate of drug-likeness (QED) is 0.582. The van der Waals surface area contributed by atoms with Gasteiger partial charge in [0.25, 0.3) is 0 Å². The van der Waals surface area contributed by atoms with Crippen molar-refractivity contribution in [1.29, 1.82) is 0 Å². The highest BCUT2D eigenvalue weighted by atomic mass is 16.5. The maximum Gasteiger partial charge on any atom is 0.224 e. The summed E-state index contributed by atoms with van der Waals surface area (Å²) in [6, 6.07) is -0.0950. The minimum Gasteiger partial charge on any atom is -0.385 e. The van der Waals surface area contributed by atoms with Gasteiger partial charge in [-0.2, -0.15) is 0 Å². The third-order valence-corrected chi connectivity index (χ3v) is 2.03. The standard InChI is InChI=1S/C9H20N2O2/c1-7(8(2)10)9(12)11-5-4-6-13-3/h7-8H,4-6,10H2,1-3H3,(H,11,12). The van der Waals surface area contributed by atoms with E-state index < -0.39 is 0 Å². The fourth-order valence-corrected chi connectivity index (χ4v) is 0.828. The van der Waals surface area contributed by atoms with Crippen molar-refractivity contribution >= 4 is 5.91 Å². The van der Waals surface area contributed by atoms with Crippen molar-refractivity contribution in [3.63, 3.8) is 0 Å². The van der Waals surface area contributed by atoms with Crippen LogP contribution in [0.3, 0.4) is 0 Å². The number of hydrogen-bond donors (Lipinski definition) is 2. The molecule has 0 saturated heterocycles. The van der Waals surface area contributed by atoms with E-state index in [9.17, 15) is 4.79 Å². The lowest BCUT2D eigenvalue weighted by molar-refractivity contribution is -0.124. The number of nitrogens with one attached hydrogen (secondary N) is 1. The normalized spacial score (nSPS) is 15.1. The number of methoxy groups -OCH3 is 1. The number of ether oxygens (including phenoxy) is 1. The van der Waals surface area contributed by atoms with Crippen LogP contribution >= 0.6 is 0 Å². The molecule has 0 aromatic rings. The average Bonchev–Trinajstić information content (AvgIpc) is 2.10. The molecule has 0 saturated carbocycles. The molecule has 0 aromatic carbocycles. The summed E-state index contributed by atoms with van der Waals surface area (Å²) in [4.78, 5) is 11.3. The molecule has 1 amide bonds. The Bertz CT molecular complexity index is 149. The summed E-state index contributed by atoms with van der Waals surface area (Å²) >= 11 is 0. The SMILES string of the molecule is COCCCNC(=O)C(C)C(C)N. The highest BCUT2D eigenvalue weighted by Crippen LogP contribution is 1.98. The van der Waals surface area contributed by atoms with Crippen molar-refractivity contribution in [1.82, 2.24) is 5.32 Å². The molecule has 4 nitrogen and oxygen atoms in total. The fourth-order valence-electron chi connectivity index (χ4n) is 0.828. The van der Waals surface area contributed by atoms with Crippen LogP contribution in [0.15, 0.2) is 0 Å². The van der Waals surface area contributed by atoms with Gasteiger partial charge in [0.1, 0.15) is 0 Å². The highest BCUT2D eigenvalue weighted by molar-refractivity contribution is 5.78. The van der Waals surface area contributed by atoms with Crippen molar-refractivity contribution in [2.45, 2.75) is 26.3 Å². The predicted octanol–water partition coefficient (Wildman–Crippen LogP) is 0.122. The summed E-state index contributed by atoms with van der Waals surface area (Å²) in [5.74, 6) is -0.103. The largest absolute Gasteiger partial charge is 0.385 e. The lowest BCUT2D eigenvalue weighted by Crippen LogP contribution is -2.39. The predicted molar refractivity (Wildman–Crippen MR) is 52.3 cm³/mol. The first-order valence-electron chi connectivity index (χ1n) is 4.61. The molecule has 0 bridgehead atoms. The number of rotatable bonds is 6. The van der Waals surface area contributed by atoms with Gasteiger partial charge in [-0.05, 0) is 13.3 Å². The van der Waals surface area contributed by atoms with Gasteiger partial charge in [-0.1, -0.05) is 6.92 Å². The Kier molecular flexibility index (Phi) is 6.54. The number of amides is 1. The summed E-state index contributed by atoms with van der Waals surface area (Å²) in [5.41, 5.74) is 5.58. The smallest absolute Gasteiger partial charge is 0.224 e. The lowest BCUT2D eigenvalue weighted by Gasteiger charge is -2.14. The van der Waals surface area contributed by atoms with Gasteiger partial charge in [-0.25, -0.2) is 0 Å². The molecule has 0 radical (unpaired) electrons. The third-order valence-electron chi connectivity index (χ3n) is 2.03. The van der Waals surface area contributed by atoms with Gasteiger partial charge in [-0.15, -0.1) is 0 Å². The Morgan fingerprint density at radius 1 is 1.54 bits per heavy atom. The van der Waals surface area contributed by atoms with Gasteiger partial charge in [0.15, 0.2) is 0 Å². The van der Waals surface area contributed by atoms with Crippen molar-refractivity contribution in [2.24, 2.45) is 11.7 Å². The van der Waals surface area contributed by atoms with Crippen LogP contribution in [0.1, 0.15) is 20.3 Å². The summed E-state index contributed by atoms with van der Waals surface area (Å²) in [6.45, 7) is 4.99. The van der Waals surface area contributed by atoms with E-state index in [-0.39, 0.29) is 17.9 Å². The van der Waals surface area contributed by atoms with E-state index in [1.807, 2.05) is 13.8 Å². The molecule has 0 heterocycles. The van der Waals surface area contributed by atoms with Crippen LogP contribution in [-0.4, -0.2) is 32.2 Å². The summed E-state index contributed by atoms with van der Waals surface area (Å²) in [6.07, 6.45) is 0.841. The van der Waals surface area contributed by atoms with Crippen LogP contribution in [0.25, 0.3) is 0 Å². The summed E-state index contributed by atoms with van der Waals surface area (Å²) in [7, 11) is 1.65. The third kappa shape index (κ3) is 5.60. The maximum atomic E-state index is 11.3. The first kappa shape index (κ1) is 12.4. The van der Waals surface area contributed by atoms with E-state index in [4.69, 9.17) is 10.5 Å². The Hall–Kier alpha value is -0.610. The fraction of sp³-hybridized carbons (Fsp3) is 0.889. The number of hydrogen-bond acceptors (Lipinski definition) is 3. The van der Waals surface area contributed by atoms with Crippen LogP contribution in [0.4, 0.5) is 0 Å². The van der Waals surface area contributed by atoms with E-state index >= 15 is 0 Å². The number of carbonyl (C=O) groups excluding carboxylic acids is 1. The van der Waals surface area contributed by atoms with E-state index in [2.05, 4.69) is 5.32 Å². The zero-order chi connectivity index (χ0) is 10.3. The first-order chi connectivity index (χ1) is 6.09. The molecule has 0 aliphatic rings. The molecule has 3 N–H and O–H groups in total. The van der Waals surface area contributed by atoms with Gasteiger partial charge >= 0.3 is 0 Å². The molecular formula is C9H20N2O2. The molecule has 13 heavy (non-hydrogen) atoms. The zero-order valence-electron chi connectivity index (χ0n) is 8.67. The molecule has 2 atom stereocenters. The van der Waals surface area contributed by atoms with Crippen molar-refractivity contribution < 1.29 is 9.53 Å². The molecular weight excluding hydrogens is 168 g/mol. The van der Waals surface area contributed by atoms with Gasteiger partial charge < -0.3 is 15.8 Å². The first-order valence-corrected chi connectivity index (χ1v) is 4.61. The molecule has 0 aliphatic carbocycles. The number of nitrogens with two attached hydrogens (primary N) is 1. The van der Waals surface area contributed by atoms with E-state index in [0.29, 0.717) is 13.2 Å². The van der Waals surface area contributed by atoms with Crippen molar-refractivity contribution in [3.05, 3.63) is 0 Å². The monoisotopic (exact) mass is 188 g/mol. The Morgan fingerprint density at radius 2 is 2.15 bits per heavy atom. The molecule has 2 unspecified atom stereocenters. The van der Waals surface area contributed by atoms with E-state index in [0.717, 1.165) is 6.42 Å². The van der Waals surface area contributed by atoms with Crippen LogP contribution in [-0.2, 0) is 9.53 Å². The minimum atomic E-state index is -0.123. The number of carbonyl (C=O) groups is 1. The van der Waals surface area contributed by atoms with Gasteiger partial charge in [0.2, 0.25) is 5.91 Å². The summed E-state index contributed by atoms with van der Waals surface area (Å²) < 4.78 is 4.86. The Balaban J connectivity index is 3.50. The van der Waals surface area contributed by atoms with Crippen LogP contribution in [0.2, 0.25) is 0 Å². The van der Waals surface area contributed by atoms with Gasteiger partial charge in [0, 0.05) is 32.2 Å². The molecule has 0 spiro atoms. The zero-order valence-corrected chi connectivity index (χ0v) is 8.67. The van der Waals surface area contributed by atoms with Crippen LogP contribution in [0, 0.1) is 5.92 Å². The second-order valence-corrected chi connectivity index (χ2v) is 3.29. The molecule has 4 heteroatoms. The summed E-state index contributed by atoms with van der Waals surface area (Å²) in [5, 5.41) is 2.80. The molecule has 0 fully saturated rings. The van der Waals surface area contributed by atoms with Crippen LogP contribution in [0.5, 0.6) is 0 Å². The highest BCUT2D eigenvalue weighted by Gasteiger charge is 2.15. The second kappa shape index (κ2) is 6.86. The Labute approximate surface area is 79.8 Å². The van der Waals surface area contributed by atoms with Crippen molar-refractivity contribution in [2.75, 3.05) is 20.3 Å². The van der Waals surface area contributed by atoms with Gasteiger partial charge in [0.05, 0.1) is 0 Å². The van der Waals surface area contributed by atoms with Gasteiger partial charge in [-0.3, -0.25) is 4.79 Å². The second-order valence-electron chi connectivity index (χ2n) is 3.29. The lowest BCUT2D eigenvalue weighted by atomic mass is 10.0.